The number of nitrogens with zero attached hydrogens (tertiary/aromatic N) is 4. The highest BCUT2D eigenvalue weighted by atomic mass is 19.4. The van der Waals surface area contributed by atoms with Crippen molar-refractivity contribution in [2.24, 2.45) is 11.3 Å². The number of rotatable bonds is 5. The Balaban J connectivity index is 1.89. The lowest BCUT2D eigenvalue weighted by atomic mass is 9.71. The molecule has 0 bridgehead atoms. The highest BCUT2D eigenvalue weighted by Crippen LogP contribution is 2.42. The number of carboxylic acid groups (broad SMARTS) is 1. The molecule has 1 atom stereocenters. The Bertz CT molecular complexity index is 1320. The largest absolute Gasteiger partial charge is 0.481 e. The minimum absolute atomic E-state index is 0.0493. The van der Waals surface area contributed by atoms with Gasteiger partial charge in [0.2, 0.25) is 0 Å². The summed E-state index contributed by atoms with van der Waals surface area (Å²) < 4.78 is 55.0. The molecular weight excluding hydrogens is 476 g/mol. The molecule has 10 heteroatoms. The third-order valence-electron chi connectivity index (χ3n) is 7.31. The number of hydrogen-bond donors (Lipinski definition) is 1. The highest BCUT2D eigenvalue weighted by molar-refractivity contribution is 5.77. The molecule has 0 saturated carbocycles. The number of aliphatic carboxylic acids is 1. The van der Waals surface area contributed by atoms with Gasteiger partial charge in [-0.2, -0.15) is 22.8 Å². The van der Waals surface area contributed by atoms with E-state index in [-0.39, 0.29) is 23.1 Å². The summed E-state index contributed by atoms with van der Waals surface area (Å²) in [5, 5.41) is 14.8. The van der Waals surface area contributed by atoms with Crippen LogP contribution in [0.25, 0.3) is 16.9 Å². The van der Waals surface area contributed by atoms with Crippen molar-refractivity contribution in [3.05, 3.63) is 46.9 Å². The zero-order valence-corrected chi connectivity index (χ0v) is 20.9. The standard InChI is InChI=1S/C26H30F4N4O2/c1-14(2)22-16(5)31-21-12-20(17-7-8-18(19(27)11-17)26(28,29)30)32-34(21)23(22)33-10-6-9-25(13-33,15(3)4)24(35)36/h7-8,11-12,14-15H,6,9-10,13H2,1-5H3,(H,35,36)/t25-/m1/s1. The van der Waals surface area contributed by atoms with Crippen LogP contribution < -0.4 is 4.90 Å². The second-order valence-corrected chi connectivity index (χ2v) is 10.2. The van der Waals surface area contributed by atoms with Gasteiger partial charge >= 0.3 is 12.1 Å². The van der Waals surface area contributed by atoms with Gasteiger partial charge in [0.1, 0.15) is 11.6 Å². The molecule has 1 N–H and O–H groups in total. The molecule has 36 heavy (non-hydrogen) atoms. The fourth-order valence-electron chi connectivity index (χ4n) is 5.30. The Morgan fingerprint density at radius 3 is 2.42 bits per heavy atom. The van der Waals surface area contributed by atoms with Gasteiger partial charge in [0.05, 0.1) is 16.7 Å². The van der Waals surface area contributed by atoms with E-state index >= 15 is 0 Å². The molecule has 194 valence electrons. The molecule has 1 fully saturated rings. The molecule has 3 heterocycles. The molecule has 1 aliphatic heterocycles. The third-order valence-corrected chi connectivity index (χ3v) is 7.31. The van der Waals surface area contributed by atoms with Gasteiger partial charge in [0.25, 0.3) is 0 Å². The van der Waals surface area contributed by atoms with E-state index in [2.05, 4.69) is 10.1 Å². The van der Waals surface area contributed by atoms with Crippen LogP contribution in [0.15, 0.2) is 24.3 Å². The number of piperidine rings is 1. The summed E-state index contributed by atoms with van der Waals surface area (Å²) in [6.45, 7) is 10.7. The maximum absolute atomic E-state index is 14.3. The molecule has 1 aromatic carbocycles. The first-order valence-electron chi connectivity index (χ1n) is 12.0. The summed E-state index contributed by atoms with van der Waals surface area (Å²) in [5.41, 5.74) is 0.345. The van der Waals surface area contributed by atoms with Gasteiger partial charge in [-0.3, -0.25) is 4.79 Å². The van der Waals surface area contributed by atoms with E-state index in [4.69, 9.17) is 0 Å². The summed E-state index contributed by atoms with van der Waals surface area (Å²) in [6, 6.07) is 4.34. The number of carboxylic acids is 1. The molecular formula is C26H30F4N4O2. The van der Waals surface area contributed by atoms with Crippen molar-refractivity contribution < 1.29 is 27.5 Å². The van der Waals surface area contributed by atoms with Crippen LogP contribution in [-0.2, 0) is 11.0 Å². The molecule has 2 aromatic heterocycles. The maximum atomic E-state index is 14.3. The zero-order valence-electron chi connectivity index (χ0n) is 20.9. The topological polar surface area (TPSA) is 70.7 Å². The Labute approximate surface area is 206 Å². The van der Waals surface area contributed by atoms with E-state index in [0.29, 0.717) is 37.6 Å². The number of aromatic nitrogens is 3. The quantitative estimate of drug-likeness (QED) is 0.411. The third kappa shape index (κ3) is 4.30. The van der Waals surface area contributed by atoms with E-state index < -0.39 is 28.9 Å². The molecule has 3 aromatic rings. The minimum atomic E-state index is -4.79. The second kappa shape index (κ2) is 9.05. The summed E-state index contributed by atoms with van der Waals surface area (Å²) in [6.07, 6.45) is -3.54. The first-order valence-corrected chi connectivity index (χ1v) is 12.0. The summed E-state index contributed by atoms with van der Waals surface area (Å²) in [4.78, 5) is 19.1. The number of benzene rings is 1. The van der Waals surface area contributed by atoms with Gasteiger partial charge < -0.3 is 10.0 Å². The molecule has 1 saturated heterocycles. The van der Waals surface area contributed by atoms with Gasteiger partial charge in [-0.25, -0.2) is 9.37 Å². The van der Waals surface area contributed by atoms with Gasteiger partial charge in [-0.1, -0.05) is 33.8 Å². The SMILES string of the molecule is Cc1nc2cc(-c3ccc(C(F)(F)F)c(F)c3)nn2c(N2CCC[C@](C(=O)O)(C(C)C)C2)c1C(C)C. The van der Waals surface area contributed by atoms with Crippen LogP contribution in [0.5, 0.6) is 0 Å². The summed E-state index contributed by atoms with van der Waals surface area (Å²) in [5.74, 6) is -1.53. The average molecular weight is 507 g/mol. The van der Waals surface area contributed by atoms with Crippen molar-refractivity contribution >= 4 is 17.4 Å². The first kappa shape index (κ1) is 25.9. The van der Waals surface area contributed by atoms with Gasteiger partial charge in [-0.05, 0) is 43.7 Å². The van der Waals surface area contributed by atoms with Crippen molar-refractivity contribution in [1.29, 1.82) is 0 Å². The Morgan fingerprint density at radius 2 is 1.86 bits per heavy atom. The van der Waals surface area contributed by atoms with Crippen LogP contribution in [0.2, 0.25) is 0 Å². The van der Waals surface area contributed by atoms with Crippen LogP contribution in [0, 0.1) is 24.1 Å². The lowest BCUT2D eigenvalue weighted by Gasteiger charge is -2.44. The molecule has 0 amide bonds. The number of fused-ring (bicyclic) bond motifs is 1. The fourth-order valence-corrected chi connectivity index (χ4v) is 5.30. The number of aryl methyl sites for hydroxylation is 1. The maximum Gasteiger partial charge on any atom is 0.419 e. The highest BCUT2D eigenvalue weighted by Gasteiger charge is 2.46. The van der Waals surface area contributed by atoms with Crippen LogP contribution >= 0.6 is 0 Å². The van der Waals surface area contributed by atoms with Gasteiger partial charge in [0.15, 0.2) is 5.65 Å². The van der Waals surface area contributed by atoms with E-state index in [1.54, 1.807) is 10.6 Å². The zero-order chi connectivity index (χ0) is 26.6. The number of anilines is 1. The fraction of sp³-hybridized carbons (Fsp3) is 0.500. The van der Waals surface area contributed by atoms with E-state index in [1.807, 2.05) is 39.5 Å². The lowest BCUT2D eigenvalue weighted by molar-refractivity contribution is -0.152. The molecule has 4 rings (SSSR count). The first-order chi connectivity index (χ1) is 16.8. The summed E-state index contributed by atoms with van der Waals surface area (Å²) >= 11 is 0. The van der Waals surface area contributed by atoms with Crippen molar-refractivity contribution in [2.45, 2.75) is 59.6 Å². The average Bonchev–Trinajstić information content (AvgIpc) is 3.20. The molecule has 6 nitrogen and oxygen atoms in total. The smallest absolute Gasteiger partial charge is 0.419 e. The minimum Gasteiger partial charge on any atom is -0.481 e. The Hall–Kier alpha value is -3.17. The van der Waals surface area contributed by atoms with Gasteiger partial charge in [-0.15, -0.1) is 0 Å². The van der Waals surface area contributed by atoms with Crippen LogP contribution in [0.4, 0.5) is 23.4 Å². The van der Waals surface area contributed by atoms with Crippen LogP contribution in [0.3, 0.4) is 0 Å². The van der Waals surface area contributed by atoms with Crippen LogP contribution in [0.1, 0.15) is 63.3 Å². The normalized spacial score (nSPS) is 19.0. The van der Waals surface area contributed by atoms with Crippen LogP contribution in [-0.4, -0.2) is 38.8 Å². The monoisotopic (exact) mass is 506 g/mol. The number of alkyl halides is 3. The van der Waals surface area contributed by atoms with E-state index in [1.165, 1.54) is 6.07 Å². The predicted octanol–water partition coefficient (Wildman–Crippen LogP) is 6.31. The summed E-state index contributed by atoms with van der Waals surface area (Å²) in [7, 11) is 0. The molecule has 0 unspecified atom stereocenters. The molecule has 0 aliphatic carbocycles. The lowest BCUT2D eigenvalue weighted by Crippen LogP contribution is -2.51. The van der Waals surface area contributed by atoms with Gasteiger partial charge in [0, 0.05) is 36.0 Å². The molecule has 0 spiro atoms. The predicted molar refractivity (Wildman–Crippen MR) is 129 cm³/mol. The Morgan fingerprint density at radius 1 is 1.17 bits per heavy atom. The van der Waals surface area contributed by atoms with E-state index in [9.17, 15) is 27.5 Å². The second-order valence-electron chi connectivity index (χ2n) is 10.2. The van der Waals surface area contributed by atoms with Crippen molar-refractivity contribution in [2.75, 3.05) is 18.0 Å². The van der Waals surface area contributed by atoms with Crippen molar-refractivity contribution in [3.63, 3.8) is 0 Å². The molecule has 1 aliphatic rings. The van der Waals surface area contributed by atoms with Crippen molar-refractivity contribution in [1.82, 2.24) is 14.6 Å². The molecule has 0 radical (unpaired) electrons. The van der Waals surface area contributed by atoms with Crippen molar-refractivity contribution in [3.8, 4) is 11.3 Å². The number of carbonyl (C=O) groups is 1. The van der Waals surface area contributed by atoms with E-state index in [0.717, 1.165) is 23.1 Å². The number of hydrogen-bond acceptors (Lipinski definition) is 4. The number of halogens is 4. The Kier molecular flexibility index (Phi) is 6.51.